The maximum atomic E-state index is 11.9. The molecule has 6 heteroatoms. The number of pyridine rings is 1. The Morgan fingerprint density at radius 2 is 2.14 bits per heavy atom. The zero-order chi connectivity index (χ0) is 14.8. The number of nitrogens with zero attached hydrogens (tertiary/aromatic N) is 1. The molecule has 0 unspecified atom stereocenters. The van der Waals surface area contributed by atoms with Crippen LogP contribution in [-0.4, -0.2) is 16.1 Å². The van der Waals surface area contributed by atoms with Crippen molar-refractivity contribution in [3.05, 3.63) is 63.8 Å². The minimum absolute atomic E-state index is 0.0183. The largest absolute Gasteiger partial charge is 0.455 e. The van der Waals surface area contributed by atoms with Crippen LogP contribution in [0.5, 0.6) is 0 Å². The van der Waals surface area contributed by atoms with Crippen molar-refractivity contribution in [2.45, 2.75) is 13.5 Å². The summed E-state index contributed by atoms with van der Waals surface area (Å²) in [6.45, 7) is 1.58. The van der Waals surface area contributed by atoms with Crippen molar-refractivity contribution < 1.29 is 14.1 Å². The summed E-state index contributed by atoms with van der Waals surface area (Å²) in [5.74, 6) is -0.632. The highest BCUT2D eigenvalue weighted by molar-refractivity contribution is 5.86. The third kappa shape index (κ3) is 2.69. The zero-order valence-corrected chi connectivity index (χ0v) is 11.3. The van der Waals surface area contributed by atoms with E-state index in [1.807, 2.05) is 24.3 Å². The first-order chi connectivity index (χ1) is 10.1. The second-order valence-corrected chi connectivity index (χ2v) is 4.62. The molecule has 1 aromatic carbocycles. The van der Waals surface area contributed by atoms with Gasteiger partial charge in [-0.2, -0.15) is 0 Å². The minimum atomic E-state index is -0.650. The molecule has 6 nitrogen and oxygen atoms in total. The van der Waals surface area contributed by atoms with E-state index in [0.29, 0.717) is 11.3 Å². The third-order valence-corrected chi connectivity index (χ3v) is 3.02. The van der Waals surface area contributed by atoms with E-state index in [1.165, 1.54) is 6.07 Å². The topological polar surface area (TPSA) is 85.2 Å². The van der Waals surface area contributed by atoms with Crippen molar-refractivity contribution in [1.82, 2.24) is 10.1 Å². The SMILES string of the molecule is Cc1cc(C(=O)OCc2cc3ccccc3[nH]c2=O)on1. The number of carbonyl (C=O) groups is 1. The minimum Gasteiger partial charge on any atom is -0.455 e. The van der Waals surface area contributed by atoms with E-state index in [2.05, 4.69) is 10.1 Å². The maximum Gasteiger partial charge on any atom is 0.377 e. The average Bonchev–Trinajstić information content (AvgIpc) is 2.91. The zero-order valence-electron chi connectivity index (χ0n) is 11.3. The van der Waals surface area contributed by atoms with Gasteiger partial charge in [0.15, 0.2) is 0 Å². The van der Waals surface area contributed by atoms with Gasteiger partial charge in [0.25, 0.3) is 5.56 Å². The monoisotopic (exact) mass is 284 g/mol. The fourth-order valence-corrected chi connectivity index (χ4v) is 1.97. The molecule has 1 N–H and O–H groups in total. The molecule has 0 aliphatic carbocycles. The van der Waals surface area contributed by atoms with Crippen LogP contribution in [0.4, 0.5) is 0 Å². The number of aryl methyl sites for hydroxylation is 1. The van der Waals surface area contributed by atoms with E-state index in [0.717, 1.165) is 10.9 Å². The van der Waals surface area contributed by atoms with Crippen molar-refractivity contribution in [3.63, 3.8) is 0 Å². The quantitative estimate of drug-likeness (QED) is 0.745. The van der Waals surface area contributed by atoms with Crippen LogP contribution in [0.25, 0.3) is 10.9 Å². The molecule has 106 valence electrons. The van der Waals surface area contributed by atoms with Gasteiger partial charge in [-0.3, -0.25) is 4.79 Å². The lowest BCUT2D eigenvalue weighted by atomic mass is 10.1. The van der Waals surface area contributed by atoms with Crippen LogP contribution >= 0.6 is 0 Å². The second-order valence-electron chi connectivity index (χ2n) is 4.62. The van der Waals surface area contributed by atoms with Gasteiger partial charge in [0, 0.05) is 11.6 Å². The third-order valence-electron chi connectivity index (χ3n) is 3.02. The van der Waals surface area contributed by atoms with Crippen molar-refractivity contribution in [2.24, 2.45) is 0 Å². The van der Waals surface area contributed by atoms with Gasteiger partial charge in [0.2, 0.25) is 5.76 Å². The lowest BCUT2D eigenvalue weighted by Crippen LogP contribution is -2.15. The molecule has 2 aromatic heterocycles. The number of carbonyl (C=O) groups excluding carboxylic acids is 1. The molecular weight excluding hydrogens is 272 g/mol. The number of hydrogen-bond acceptors (Lipinski definition) is 5. The Kier molecular flexibility index (Phi) is 3.27. The molecule has 0 spiro atoms. The van der Waals surface area contributed by atoms with E-state index >= 15 is 0 Å². The normalized spacial score (nSPS) is 10.7. The predicted octanol–water partition coefficient (Wildman–Crippen LogP) is 2.18. The summed E-state index contributed by atoms with van der Waals surface area (Å²) in [4.78, 5) is 26.4. The number of esters is 1. The van der Waals surface area contributed by atoms with E-state index in [9.17, 15) is 9.59 Å². The molecule has 3 rings (SSSR count). The first-order valence-electron chi connectivity index (χ1n) is 6.35. The summed E-state index contributed by atoms with van der Waals surface area (Å²) in [5, 5.41) is 4.48. The molecule has 21 heavy (non-hydrogen) atoms. The summed E-state index contributed by atoms with van der Waals surface area (Å²) in [6.07, 6.45) is 0. The summed E-state index contributed by atoms with van der Waals surface area (Å²) < 4.78 is 9.87. The second kappa shape index (κ2) is 5.24. The highest BCUT2D eigenvalue weighted by Gasteiger charge is 2.14. The van der Waals surface area contributed by atoms with Crippen LogP contribution in [0.2, 0.25) is 0 Å². The van der Waals surface area contributed by atoms with Gasteiger partial charge in [-0.1, -0.05) is 23.4 Å². The van der Waals surface area contributed by atoms with Gasteiger partial charge in [0.05, 0.1) is 11.3 Å². The first-order valence-corrected chi connectivity index (χ1v) is 6.35. The van der Waals surface area contributed by atoms with E-state index in [4.69, 9.17) is 9.26 Å². The van der Waals surface area contributed by atoms with E-state index < -0.39 is 5.97 Å². The lowest BCUT2D eigenvalue weighted by Gasteiger charge is -2.04. The Hall–Kier alpha value is -2.89. The van der Waals surface area contributed by atoms with E-state index in [-0.39, 0.29) is 17.9 Å². The molecule has 0 amide bonds. The number of aromatic nitrogens is 2. The Morgan fingerprint density at radius 3 is 2.90 bits per heavy atom. The number of H-pyrrole nitrogens is 1. The molecule has 2 heterocycles. The summed E-state index contributed by atoms with van der Waals surface area (Å²) in [7, 11) is 0. The van der Waals surface area contributed by atoms with Crippen LogP contribution in [0.3, 0.4) is 0 Å². The number of para-hydroxylation sites is 1. The number of hydrogen-bond donors (Lipinski definition) is 1. The van der Waals surface area contributed by atoms with Gasteiger partial charge in [-0.15, -0.1) is 0 Å². The Balaban J connectivity index is 1.80. The van der Waals surface area contributed by atoms with Gasteiger partial charge < -0.3 is 14.2 Å². The fraction of sp³-hybridized carbons (Fsp3) is 0.133. The van der Waals surface area contributed by atoms with Crippen molar-refractivity contribution in [3.8, 4) is 0 Å². The first kappa shape index (κ1) is 13.1. The Morgan fingerprint density at radius 1 is 1.33 bits per heavy atom. The Labute approximate surface area is 119 Å². The molecule has 0 radical (unpaired) electrons. The maximum absolute atomic E-state index is 11.9. The highest BCUT2D eigenvalue weighted by atomic mass is 16.6. The molecule has 0 fully saturated rings. The molecule has 0 atom stereocenters. The number of fused-ring (bicyclic) bond motifs is 1. The highest BCUT2D eigenvalue weighted by Crippen LogP contribution is 2.11. The molecule has 0 saturated heterocycles. The number of aromatic amines is 1. The van der Waals surface area contributed by atoms with Crippen molar-refractivity contribution in [2.75, 3.05) is 0 Å². The van der Waals surface area contributed by atoms with Crippen molar-refractivity contribution >= 4 is 16.9 Å². The number of nitrogens with one attached hydrogen (secondary N) is 1. The molecular formula is C15H12N2O4. The van der Waals surface area contributed by atoms with Crippen LogP contribution in [0.15, 0.2) is 45.7 Å². The summed E-state index contributed by atoms with van der Waals surface area (Å²) in [6, 6.07) is 10.6. The molecule has 0 bridgehead atoms. The molecule has 0 aliphatic heterocycles. The van der Waals surface area contributed by atoms with Gasteiger partial charge in [-0.05, 0) is 24.4 Å². The number of ether oxygens (including phenoxy) is 1. The predicted molar refractivity (Wildman–Crippen MR) is 74.9 cm³/mol. The lowest BCUT2D eigenvalue weighted by molar-refractivity contribution is 0.0424. The van der Waals surface area contributed by atoms with Crippen LogP contribution in [0, 0.1) is 6.92 Å². The molecule has 0 saturated carbocycles. The van der Waals surface area contributed by atoms with Crippen molar-refractivity contribution in [1.29, 1.82) is 0 Å². The Bertz CT molecular complexity index is 863. The number of benzene rings is 1. The average molecular weight is 284 g/mol. The van der Waals surface area contributed by atoms with Crippen LogP contribution in [-0.2, 0) is 11.3 Å². The standard InChI is InChI=1S/C15H12N2O4/c1-9-6-13(21-17-9)15(19)20-8-11-7-10-4-2-3-5-12(10)16-14(11)18/h2-7H,8H2,1H3,(H,16,18). The van der Waals surface area contributed by atoms with Gasteiger partial charge in [0.1, 0.15) is 6.61 Å². The number of rotatable bonds is 3. The summed E-state index contributed by atoms with van der Waals surface area (Å²) >= 11 is 0. The molecule has 3 aromatic rings. The van der Waals surface area contributed by atoms with Crippen LogP contribution < -0.4 is 5.56 Å². The molecule has 0 aliphatic rings. The smallest absolute Gasteiger partial charge is 0.377 e. The van der Waals surface area contributed by atoms with E-state index in [1.54, 1.807) is 13.0 Å². The van der Waals surface area contributed by atoms with Gasteiger partial charge >= 0.3 is 5.97 Å². The summed E-state index contributed by atoms with van der Waals surface area (Å²) in [5.41, 5.74) is 1.42. The fourth-order valence-electron chi connectivity index (χ4n) is 1.97. The van der Waals surface area contributed by atoms with Crippen LogP contribution in [0.1, 0.15) is 21.8 Å². The van der Waals surface area contributed by atoms with Gasteiger partial charge in [-0.25, -0.2) is 4.79 Å².